The van der Waals surface area contributed by atoms with Crippen molar-refractivity contribution in [3.63, 3.8) is 0 Å². The molecule has 3 nitrogen and oxygen atoms in total. The van der Waals surface area contributed by atoms with Gasteiger partial charge in [0.15, 0.2) is 0 Å². The Balaban J connectivity index is 2.12. The number of nitrogens with one attached hydrogen (secondary N) is 1. The Morgan fingerprint density at radius 1 is 1.38 bits per heavy atom. The Morgan fingerprint density at radius 2 is 2.10 bits per heavy atom. The summed E-state index contributed by atoms with van der Waals surface area (Å²) in [5.74, 6) is 3.17. The van der Waals surface area contributed by atoms with Crippen LogP contribution in [0.3, 0.4) is 0 Å². The molecule has 0 aromatic carbocycles. The first-order valence-corrected chi connectivity index (χ1v) is 9.75. The number of likely N-dealkylation sites (N-methyl/N-ethyl adjacent to an activating group) is 1. The van der Waals surface area contributed by atoms with Gasteiger partial charge in [0.2, 0.25) is 0 Å². The molecular weight excluding hydrogens is 282 g/mol. The number of rotatable bonds is 6. The van der Waals surface area contributed by atoms with Crippen molar-refractivity contribution in [1.29, 1.82) is 0 Å². The van der Waals surface area contributed by atoms with Crippen LogP contribution in [0.1, 0.15) is 52.9 Å². The summed E-state index contributed by atoms with van der Waals surface area (Å²) in [6.45, 7) is 8.62. The molecule has 0 radical (unpaired) electrons. The molecule has 3 atom stereocenters. The quantitative estimate of drug-likeness (QED) is 0.813. The predicted molar refractivity (Wildman–Crippen MR) is 91.1 cm³/mol. The molecule has 0 aliphatic carbocycles. The molecule has 3 unspecified atom stereocenters. The van der Waals surface area contributed by atoms with Crippen molar-refractivity contribution in [1.82, 2.24) is 5.32 Å². The molecule has 0 amide bonds. The van der Waals surface area contributed by atoms with Gasteiger partial charge in [0.25, 0.3) is 0 Å². The van der Waals surface area contributed by atoms with E-state index in [0.717, 1.165) is 26.0 Å². The standard InChI is InChI=1S/C17H33NO2S/c1-5-16(3,19-4)15(18-6-2)14-7-10-20-17(13-14)8-11-21-12-9-17/h14-15,18H,5-13H2,1-4H3. The van der Waals surface area contributed by atoms with Gasteiger partial charge in [-0.3, -0.25) is 0 Å². The minimum atomic E-state index is -0.0807. The molecular formula is C17H33NO2S. The van der Waals surface area contributed by atoms with Gasteiger partial charge in [-0.05, 0) is 63.0 Å². The minimum absolute atomic E-state index is 0.0807. The third-order valence-electron chi connectivity index (χ3n) is 5.66. The van der Waals surface area contributed by atoms with E-state index in [1.54, 1.807) is 0 Å². The fraction of sp³-hybridized carbons (Fsp3) is 1.00. The number of hydrogen-bond acceptors (Lipinski definition) is 4. The van der Waals surface area contributed by atoms with Gasteiger partial charge in [-0.15, -0.1) is 0 Å². The molecule has 2 aliphatic rings. The zero-order valence-corrected chi connectivity index (χ0v) is 15.1. The monoisotopic (exact) mass is 315 g/mol. The van der Waals surface area contributed by atoms with Crippen LogP contribution in [0.2, 0.25) is 0 Å². The highest BCUT2D eigenvalue weighted by atomic mass is 32.2. The van der Waals surface area contributed by atoms with Gasteiger partial charge in [-0.2, -0.15) is 11.8 Å². The Hall–Kier alpha value is 0.230. The van der Waals surface area contributed by atoms with Crippen LogP contribution in [0.25, 0.3) is 0 Å². The lowest BCUT2D eigenvalue weighted by molar-refractivity contribution is -0.127. The van der Waals surface area contributed by atoms with Crippen LogP contribution in [0.15, 0.2) is 0 Å². The Bertz CT molecular complexity index is 308. The fourth-order valence-corrected chi connectivity index (χ4v) is 5.27. The lowest BCUT2D eigenvalue weighted by atomic mass is 9.73. The fourth-order valence-electron chi connectivity index (χ4n) is 4.03. The van der Waals surface area contributed by atoms with Crippen molar-refractivity contribution in [3.05, 3.63) is 0 Å². The lowest BCUT2D eigenvalue weighted by Gasteiger charge is -2.49. The number of ether oxygens (including phenoxy) is 2. The van der Waals surface area contributed by atoms with E-state index >= 15 is 0 Å². The summed E-state index contributed by atoms with van der Waals surface area (Å²) in [7, 11) is 1.86. The van der Waals surface area contributed by atoms with E-state index < -0.39 is 0 Å². The zero-order chi connectivity index (χ0) is 15.3. The van der Waals surface area contributed by atoms with E-state index in [4.69, 9.17) is 9.47 Å². The summed E-state index contributed by atoms with van der Waals surface area (Å²) in [5, 5.41) is 3.73. The number of hydrogen-bond donors (Lipinski definition) is 1. The van der Waals surface area contributed by atoms with Crippen molar-refractivity contribution in [3.8, 4) is 0 Å². The van der Waals surface area contributed by atoms with Crippen molar-refractivity contribution < 1.29 is 9.47 Å². The van der Waals surface area contributed by atoms with Crippen LogP contribution in [0.5, 0.6) is 0 Å². The number of methoxy groups -OCH3 is 1. The molecule has 1 spiro atoms. The van der Waals surface area contributed by atoms with Gasteiger partial charge in [-0.25, -0.2) is 0 Å². The molecule has 124 valence electrons. The van der Waals surface area contributed by atoms with E-state index in [0.29, 0.717) is 12.0 Å². The second-order valence-electron chi connectivity index (χ2n) is 6.80. The van der Waals surface area contributed by atoms with E-state index in [1.807, 2.05) is 7.11 Å². The summed E-state index contributed by atoms with van der Waals surface area (Å²) < 4.78 is 12.2. The van der Waals surface area contributed by atoms with Gasteiger partial charge >= 0.3 is 0 Å². The van der Waals surface area contributed by atoms with E-state index in [9.17, 15) is 0 Å². The molecule has 1 N–H and O–H groups in total. The third kappa shape index (κ3) is 3.95. The van der Waals surface area contributed by atoms with Crippen molar-refractivity contribution in [2.75, 3.05) is 31.8 Å². The minimum Gasteiger partial charge on any atom is -0.377 e. The molecule has 2 rings (SSSR count). The van der Waals surface area contributed by atoms with Crippen molar-refractivity contribution >= 4 is 11.8 Å². The first-order valence-electron chi connectivity index (χ1n) is 8.59. The SMILES string of the molecule is CCNC(C1CCOC2(CCSCC2)C1)C(C)(CC)OC. The van der Waals surface area contributed by atoms with Crippen molar-refractivity contribution in [2.24, 2.45) is 5.92 Å². The second kappa shape index (κ2) is 7.67. The molecule has 2 fully saturated rings. The Kier molecular flexibility index (Phi) is 6.42. The maximum absolute atomic E-state index is 6.26. The summed E-state index contributed by atoms with van der Waals surface area (Å²) >= 11 is 2.08. The first-order chi connectivity index (χ1) is 10.1. The summed E-state index contributed by atoms with van der Waals surface area (Å²) in [6.07, 6.45) is 5.85. The second-order valence-corrected chi connectivity index (χ2v) is 8.03. The molecule has 4 heteroatoms. The largest absolute Gasteiger partial charge is 0.377 e. The average molecular weight is 316 g/mol. The molecule has 0 bridgehead atoms. The average Bonchev–Trinajstić information content (AvgIpc) is 2.52. The van der Waals surface area contributed by atoms with E-state index in [1.165, 1.54) is 30.8 Å². The third-order valence-corrected chi connectivity index (χ3v) is 6.64. The number of thioether (sulfide) groups is 1. The van der Waals surface area contributed by atoms with Crippen LogP contribution in [0, 0.1) is 5.92 Å². The zero-order valence-electron chi connectivity index (χ0n) is 14.2. The van der Waals surface area contributed by atoms with Crippen LogP contribution in [-0.4, -0.2) is 49.0 Å². The molecule has 0 aromatic rings. The van der Waals surface area contributed by atoms with Gasteiger partial charge in [0, 0.05) is 19.8 Å². The normalized spacial score (nSPS) is 30.0. The first kappa shape index (κ1) is 17.6. The van der Waals surface area contributed by atoms with Gasteiger partial charge in [0.05, 0.1) is 11.2 Å². The summed E-state index contributed by atoms with van der Waals surface area (Å²) in [6, 6.07) is 0.424. The Labute approximate surface area is 134 Å². The Morgan fingerprint density at radius 3 is 2.67 bits per heavy atom. The molecule has 0 saturated carbocycles. The molecule has 0 aromatic heterocycles. The van der Waals surface area contributed by atoms with E-state index in [-0.39, 0.29) is 11.2 Å². The van der Waals surface area contributed by atoms with Gasteiger partial charge in [-0.1, -0.05) is 13.8 Å². The van der Waals surface area contributed by atoms with Crippen LogP contribution in [0.4, 0.5) is 0 Å². The topological polar surface area (TPSA) is 30.5 Å². The van der Waals surface area contributed by atoms with Crippen LogP contribution < -0.4 is 5.32 Å². The summed E-state index contributed by atoms with van der Waals surface area (Å²) in [5.41, 5.74) is 0.0762. The smallest absolute Gasteiger partial charge is 0.0803 e. The molecule has 21 heavy (non-hydrogen) atoms. The predicted octanol–water partition coefficient (Wildman–Crippen LogP) is 3.47. The highest BCUT2D eigenvalue weighted by molar-refractivity contribution is 7.99. The van der Waals surface area contributed by atoms with Gasteiger partial charge < -0.3 is 14.8 Å². The molecule has 2 heterocycles. The van der Waals surface area contributed by atoms with Crippen molar-refractivity contribution in [2.45, 2.75) is 70.1 Å². The van der Waals surface area contributed by atoms with Crippen LogP contribution in [-0.2, 0) is 9.47 Å². The molecule has 2 aliphatic heterocycles. The maximum Gasteiger partial charge on any atom is 0.0803 e. The highest BCUT2D eigenvalue weighted by Gasteiger charge is 2.45. The lowest BCUT2D eigenvalue weighted by Crippen LogP contribution is -2.57. The summed E-state index contributed by atoms with van der Waals surface area (Å²) in [4.78, 5) is 0. The molecule has 2 saturated heterocycles. The van der Waals surface area contributed by atoms with Crippen LogP contribution >= 0.6 is 11.8 Å². The highest BCUT2D eigenvalue weighted by Crippen LogP contribution is 2.42. The van der Waals surface area contributed by atoms with Gasteiger partial charge in [0.1, 0.15) is 0 Å². The maximum atomic E-state index is 6.26. The van der Waals surface area contributed by atoms with E-state index in [2.05, 4.69) is 37.8 Å².